The predicted molar refractivity (Wildman–Crippen MR) is 61.9 cm³/mol. The number of hydrogen-bond acceptors (Lipinski definition) is 4. The molecule has 0 saturated heterocycles. The van der Waals surface area contributed by atoms with E-state index >= 15 is 0 Å². The lowest BCUT2D eigenvalue weighted by molar-refractivity contribution is 0.0587. The van der Waals surface area contributed by atoms with Crippen LogP contribution in [0.4, 0.5) is 0 Å². The number of methoxy groups -OCH3 is 1. The first kappa shape index (κ1) is 13.4. The molecule has 0 saturated carbocycles. The molecule has 0 aromatic carbocycles. The third kappa shape index (κ3) is 4.38. The number of aromatic nitrogens is 1. The average Bonchev–Trinajstić information content (AvgIpc) is 2.29. The molecule has 0 aliphatic heterocycles. The molecule has 6 nitrogen and oxygen atoms in total. The Morgan fingerprint density at radius 1 is 1.65 bits per heavy atom. The van der Waals surface area contributed by atoms with Crippen molar-refractivity contribution >= 4 is 5.91 Å². The van der Waals surface area contributed by atoms with E-state index in [1.54, 1.807) is 6.07 Å². The zero-order valence-corrected chi connectivity index (χ0v) is 9.60. The fourth-order valence-corrected chi connectivity index (χ4v) is 1.32. The van der Waals surface area contributed by atoms with Crippen LogP contribution in [-0.4, -0.2) is 42.4 Å². The number of aromatic amines is 1. The van der Waals surface area contributed by atoms with Gasteiger partial charge in [0.15, 0.2) is 0 Å². The lowest BCUT2D eigenvalue weighted by atomic mass is 10.2. The van der Waals surface area contributed by atoms with Gasteiger partial charge in [-0.25, -0.2) is 0 Å². The van der Waals surface area contributed by atoms with Crippen molar-refractivity contribution in [3.63, 3.8) is 0 Å². The smallest absolute Gasteiger partial charge is 0.260 e. The first-order valence-corrected chi connectivity index (χ1v) is 5.28. The maximum atomic E-state index is 11.6. The Morgan fingerprint density at radius 2 is 2.41 bits per heavy atom. The van der Waals surface area contributed by atoms with Crippen molar-refractivity contribution in [2.24, 2.45) is 0 Å². The van der Waals surface area contributed by atoms with Gasteiger partial charge in [0.05, 0.1) is 12.7 Å². The van der Waals surface area contributed by atoms with Crippen molar-refractivity contribution in [3.8, 4) is 0 Å². The van der Waals surface area contributed by atoms with Gasteiger partial charge in [0, 0.05) is 19.9 Å². The van der Waals surface area contributed by atoms with Gasteiger partial charge >= 0.3 is 0 Å². The maximum Gasteiger partial charge on any atom is 0.260 e. The zero-order valence-electron chi connectivity index (χ0n) is 9.60. The van der Waals surface area contributed by atoms with Crippen LogP contribution in [0.15, 0.2) is 23.1 Å². The van der Waals surface area contributed by atoms with Crippen LogP contribution in [0.1, 0.15) is 16.8 Å². The SMILES string of the molecule is COCC(O)CCNC(=O)c1ccc[nH]c1=O. The minimum atomic E-state index is -0.616. The summed E-state index contributed by atoms with van der Waals surface area (Å²) in [7, 11) is 1.49. The Balaban J connectivity index is 2.41. The Kier molecular flexibility index (Phi) is 5.38. The molecule has 0 aliphatic rings. The standard InChI is InChI=1S/C11H16N2O4/c1-17-7-8(14)4-6-13-11(16)9-3-2-5-12-10(9)15/h2-3,5,8,14H,4,6-7H2,1H3,(H,12,15)(H,13,16). The summed E-state index contributed by atoms with van der Waals surface area (Å²) in [6, 6.07) is 3.02. The summed E-state index contributed by atoms with van der Waals surface area (Å²) in [6.07, 6.45) is 1.22. The fraction of sp³-hybridized carbons (Fsp3) is 0.455. The number of ether oxygens (including phenoxy) is 1. The average molecular weight is 240 g/mol. The molecule has 0 fully saturated rings. The van der Waals surface area contributed by atoms with Gasteiger partial charge < -0.3 is 20.1 Å². The highest BCUT2D eigenvalue weighted by atomic mass is 16.5. The second-order valence-corrected chi connectivity index (χ2v) is 3.57. The largest absolute Gasteiger partial charge is 0.391 e. The number of nitrogens with one attached hydrogen (secondary N) is 2. The van der Waals surface area contributed by atoms with E-state index in [1.807, 2.05) is 0 Å². The molecule has 6 heteroatoms. The summed E-state index contributed by atoms with van der Waals surface area (Å²) in [5, 5.41) is 11.9. The van der Waals surface area contributed by atoms with Crippen LogP contribution < -0.4 is 10.9 Å². The van der Waals surface area contributed by atoms with Gasteiger partial charge in [-0.3, -0.25) is 9.59 Å². The van der Waals surface area contributed by atoms with Gasteiger partial charge in [0.2, 0.25) is 0 Å². The quantitative estimate of drug-likeness (QED) is 0.625. The van der Waals surface area contributed by atoms with Crippen LogP contribution in [0.3, 0.4) is 0 Å². The summed E-state index contributed by atoms with van der Waals surface area (Å²) in [4.78, 5) is 25.2. The second-order valence-electron chi connectivity index (χ2n) is 3.57. The molecule has 0 aliphatic carbocycles. The molecule has 3 N–H and O–H groups in total. The summed E-state index contributed by atoms with van der Waals surface area (Å²) in [6.45, 7) is 0.513. The summed E-state index contributed by atoms with van der Waals surface area (Å²) < 4.78 is 4.75. The first-order valence-electron chi connectivity index (χ1n) is 5.28. The molecular formula is C11H16N2O4. The van der Waals surface area contributed by atoms with Crippen molar-refractivity contribution in [3.05, 3.63) is 34.2 Å². The molecular weight excluding hydrogens is 224 g/mol. The lowest BCUT2D eigenvalue weighted by Gasteiger charge is -2.09. The lowest BCUT2D eigenvalue weighted by Crippen LogP contribution is -2.32. The molecule has 1 aromatic rings. The van der Waals surface area contributed by atoms with Gasteiger partial charge in [-0.2, -0.15) is 0 Å². The van der Waals surface area contributed by atoms with Crippen LogP contribution in [0.25, 0.3) is 0 Å². The number of amides is 1. The number of hydrogen-bond donors (Lipinski definition) is 3. The van der Waals surface area contributed by atoms with Gasteiger partial charge in [-0.1, -0.05) is 0 Å². The van der Waals surface area contributed by atoms with E-state index in [2.05, 4.69) is 10.3 Å². The molecule has 1 amide bonds. The zero-order chi connectivity index (χ0) is 12.7. The number of aliphatic hydroxyl groups is 1. The Hall–Kier alpha value is -1.66. The number of carbonyl (C=O) groups excluding carboxylic acids is 1. The summed E-state index contributed by atoms with van der Waals surface area (Å²) in [5.41, 5.74) is -0.365. The van der Waals surface area contributed by atoms with Crippen molar-refractivity contribution in [1.29, 1.82) is 0 Å². The van der Waals surface area contributed by atoms with E-state index in [-0.39, 0.29) is 18.7 Å². The Bertz CT molecular complexity index is 416. The maximum absolute atomic E-state index is 11.6. The van der Waals surface area contributed by atoms with Gasteiger partial charge in [-0.15, -0.1) is 0 Å². The molecule has 0 spiro atoms. The van der Waals surface area contributed by atoms with E-state index < -0.39 is 17.6 Å². The monoisotopic (exact) mass is 240 g/mol. The van der Waals surface area contributed by atoms with E-state index in [1.165, 1.54) is 19.4 Å². The number of pyridine rings is 1. The molecule has 0 radical (unpaired) electrons. The molecule has 1 heterocycles. The van der Waals surface area contributed by atoms with Crippen LogP contribution in [-0.2, 0) is 4.74 Å². The number of carbonyl (C=O) groups is 1. The molecule has 1 atom stereocenters. The molecule has 0 bridgehead atoms. The van der Waals surface area contributed by atoms with Crippen LogP contribution in [0, 0.1) is 0 Å². The number of rotatable bonds is 6. The molecule has 1 aromatic heterocycles. The molecule has 1 rings (SSSR count). The van der Waals surface area contributed by atoms with Crippen molar-refractivity contribution in [1.82, 2.24) is 10.3 Å². The fourth-order valence-electron chi connectivity index (χ4n) is 1.32. The van der Waals surface area contributed by atoms with Crippen molar-refractivity contribution in [2.45, 2.75) is 12.5 Å². The molecule has 94 valence electrons. The highest BCUT2D eigenvalue weighted by molar-refractivity contribution is 5.93. The Labute approximate surface area is 98.6 Å². The summed E-state index contributed by atoms with van der Waals surface area (Å²) >= 11 is 0. The van der Waals surface area contributed by atoms with E-state index in [4.69, 9.17) is 4.74 Å². The highest BCUT2D eigenvalue weighted by Gasteiger charge is 2.09. The van der Waals surface area contributed by atoms with Gasteiger partial charge in [0.1, 0.15) is 5.56 Å². The minimum absolute atomic E-state index is 0.0636. The topological polar surface area (TPSA) is 91.4 Å². The number of H-pyrrole nitrogens is 1. The van der Waals surface area contributed by atoms with Crippen molar-refractivity contribution < 1.29 is 14.6 Å². The first-order chi connectivity index (χ1) is 8.15. The van der Waals surface area contributed by atoms with Crippen molar-refractivity contribution in [2.75, 3.05) is 20.3 Å². The summed E-state index contributed by atoms with van der Waals surface area (Å²) in [5.74, 6) is -0.448. The second kappa shape index (κ2) is 6.82. The van der Waals surface area contributed by atoms with Crippen LogP contribution in [0.5, 0.6) is 0 Å². The van der Waals surface area contributed by atoms with Crippen LogP contribution in [0.2, 0.25) is 0 Å². The van der Waals surface area contributed by atoms with E-state index in [9.17, 15) is 14.7 Å². The third-order valence-corrected chi connectivity index (χ3v) is 2.18. The van der Waals surface area contributed by atoms with Crippen LogP contribution >= 0.6 is 0 Å². The van der Waals surface area contributed by atoms with E-state index in [0.29, 0.717) is 6.42 Å². The molecule has 17 heavy (non-hydrogen) atoms. The van der Waals surface area contributed by atoms with Gasteiger partial charge in [0.25, 0.3) is 11.5 Å². The normalized spacial score (nSPS) is 12.1. The highest BCUT2D eigenvalue weighted by Crippen LogP contribution is 1.92. The Morgan fingerprint density at radius 3 is 3.06 bits per heavy atom. The van der Waals surface area contributed by atoms with Gasteiger partial charge in [-0.05, 0) is 18.6 Å². The third-order valence-electron chi connectivity index (χ3n) is 2.18. The molecule has 1 unspecified atom stereocenters. The number of aliphatic hydroxyl groups excluding tert-OH is 1. The predicted octanol–water partition coefficient (Wildman–Crippen LogP) is -0.498. The minimum Gasteiger partial charge on any atom is -0.391 e. The van der Waals surface area contributed by atoms with E-state index in [0.717, 1.165) is 0 Å².